The number of piperazine rings is 1. The number of anilines is 1. The van der Waals surface area contributed by atoms with Gasteiger partial charge >= 0.3 is 6.03 Å². The first-order chi connectivity index (χ1) is 11.7. The van der Waals surface area contributed by atoms with Gasteiger partial charge in [0.15, 0.2) is 0 Å². The summed E-state index contributed by atoms with van der Waals surface area (Å²) < 4.78 is 0. The number of hydrogen-bond donors (Lipinski definition) is 1. The van der Waals surface area contributed by atoms with Crippen LogP contribution in [0.4, 0.5) is 10.6 Å². The van der Waals surface area contributed by atoms with Gasteiger partial charge in [0.1, 0.15) is 5.82 Å². The third-order valence-electron chi connectivity index (χ3n) is 3.89. The number of pyridine rings is 1. The normalized spacial score (nSPS) is 14.9. The van der Waals surface area contributed by atoms with Gasteiger partial charge in [-0.25, -0.2) is 9.78 Å². The fourth-order valence-electron chi connectivity index (χ4n) is 2.60. The molecule has 3 rings (SSSR count). The van der Waals surface area contributed by atoms with Gasteiger partial charge in [-0.2, -0.15) is 0 Å². The molecule has 1 fully saturated rings. The molecule has 2 amide bonds. The molecule has 0 saturated carbocycles. The second-order valence-electron chi connectivity index (χ2n) is 5.48. The van der Waals surface area contributed by atoms with Gasteiger partial charge in [-0.15, -0.1) is 0 Å². The van der Waals surface area contributed by atoms with E-state index in [9.17, 15) is 4.79 Å². The number of carbonyl (C=O) groups is 1. The van der Waals surface area contributed by atoms with E-state index in [1.165, 1.54) is 0 Å². The van der Waals surface area contributed by atoms with Crippen molar-refractivity contribution in [2.45, 2.75) is 0 Å². The molecule has 0 bridgehead atoms. The SMILES string of the molecule is O=C(NC=Cc1ccccc1)N1CCN(c2ncccc2Cl)CC1. The number of urea groups is 1. The molecule has 2 heterocycles. The van der Waals surface area contributed by atoms with Crippen molar-refractivity contribution >= 4 is 29.5 Å². The van der Waals surface area contributed by atoms with Crippen LogP contribution in [0.25, 0.3) is 6.08 Å². The lowest BCUT2D eigenvalue weighted by Crippen LogP contribution is -2.51. The standard InChI is InChI=1S/C18H19ClN4O/c19-16-7-4-9-20-17(16)22-11-13-23(14-12-22)18(24)21-10-8-15-5-2-1-3-6-15/h1-10H,11-14H2,(H,21,24). The minimum Gasteiger partial charge on any atom is -0.352 e. The lowest BCUT2D eigenvalue weighted by atomic mass is 10.2. The van der Waals surface area contributed by atoms with Crippen LogP contribution in [0.3, 0.4) is 0 Å². The zero-order valence-corrected chi connectivity index (χ0v) is 14.0. The molecule has 0 atom stereocenters. The number of nitrogens with zero attached hydrogens (tertiary/aromatic N) is 3. The van der Waals surface area contributed by atoms with Crippen LogP contribution < -0.4 is 10.2 Å². The highest BCUT2D eigenvalue weighted by Gasteiger charge is 2.22. The molecule has 6 heteroatoms. The van der Waals surface area contributed by atoms with Crippen LogP contribution in [-0.4, -0.2) is 42.1 Å². The fraction of sp³-hybridized carbons (Fsp3) is 0.222. The molecule has 1 aromatic heterocycles. The summed E-state index contributed by atoms with van der Waals surface area (Å²) in [4.78, 5) is 20.4. The second-order valence-corrected chi connectivity index (χ2v) is 5.88. The van der Waals surface area contributed by atoms with Crippen molar-refractivity contribution < 1.29 is 4.79 Å². The highest BCUT2D eigenvalue weighted by Crippen LogP contribution is 2.23. The third kappa shape index (κ3) is 4.06. The van der Waals surface area contributed by atoms with Gasteiger partial charge in [0, 0.05) is 38.6 Å². The Morgan fingerprint density at radius 3 is 2.54 bits per heavy atom. The fourth-order valence-corrected chi connectivity index (χ4v) is 2.84. The van der Waals surface area contributed by atoms with Gasteiger partial charge < -0.3 is 15.1 Å². The van der Waals surface area contributed by atoms with Crippen molar-refractivity contribution in [2.75, 3.05) is 31.1 Å². The Morgan fingerprint density at radius 1 is 1.08 bits per heavy atom. The Kier molecular flexibility index (Phi) is 5.33. The Bertz CT molecular complexity index is 712. The Balaban J connectivity index is 1.50. The van der Waals surface area contributed by atoms with E-state index < -0.39 is 0 Å². The van der Waals surface area contributed by atoms with E-state index in [1.807, 2.05) is 48.5 Å². The predicted octanol–water partition coefficient (Wildman–Crippen LogP) is 3.24. The minimum absolute atomic E-state index is 0.0889. The molecule has 124 valence electrons. The monoisotopic (exact) mass is 342 g/mol. The van der Waals surface area contributed by atoms with Gasteiger partial charge in [0.25, 0.3) is 0 Å². The molecule has 24 heavy (non-hydrogen) atoms. The van der Waals surface area contributed by atoms with Crippen molar-refractivity contribution in [1.29, 1.82) is 0 Å². The van der Waals surface area contributed by atoms with Crippen LogP contribution in [0.1, 0.15) is 5.56 Å². The van der Waals surface area contributed by atoms with E-state index in [0.29, 0.717) is 31.2 Å². The quantitative estimate of drug-likeness (QED) is 0.931. The maximum Gasteiger partial charge on any atom is 0.321 e. The first-order valence-corrected chi connectivity index (χ1v) is 8.24. The smallest absolute Gasteiger partial charge is 0.321 e. The van der Waals surface area contributed by atoms with Gasteiger partial charge in [0.05, 0.1) is 5.02 Å². The van der Waals surface area contributed by atoms with Crippen LogP contribution in [0.2, 0.25) is 5.02 Å². The Morgan fingerprint density at radius 2 is 1.83 bits per heavy atom. The molecule has 1 N–H and O–H groups in total. The van der Waals surface area contributed by atoms with Crippen LogP contribution in [-0.2, 0) is 0 Å². The summed E-state index contributed by atoms with van der Waals surface area (Å²) in [5, 5.41) is 3.45. The van der Waals surface area contributed by atoms with Crippen LogP contribution in [0.5, 0.6) is 0 Å². The van der Waals surface area contributed by atoms with Crippen molar-refractivity contribution in [3.63, 3.8) is 0 Å². The molecule has 0 radical (unpaired) electrons. The summed E-state index contributed by atoms with van der Waals surface area (Å²) in [5.41, 5.74) is 1.05. The number of benzene rings is 1. The lowest BCUT2D eigenvalue weighted by molar-refractivity contribution is 0.198. The van der Waals surface area contributed by atoms with E-state index in [0.717, 1.165) is 11.4 Å². The van der Waals surface area contributed by atoms with Crippen molar-refractivity contribution in [2.24, 2.45) is 0 Å². The molecule has 0 spiro atoms. The van der Waals surface area contributed by atoms with E-state index in [1.54, 1.807) is 17.3 Å². The Labute approximate surface area is 146 Å². The average Bonchev–Trinajstić information content (AvgIpc) is 2.63. The maximum atomic E-state index is 12.2. The maximum absolute atomic E-state index is 12.2. The van der Waals surface area contributed by atoms with Gasteiger partial charge in [-0.3, -0.25) is 0 Å². The van der Waals surface area contributed by atoms with Crippen LogP contribution in [0, 0.1) is 0 Å². The van der Waals surface area contributed by atoms with E-state index >= 15 is 0 Å². The summed E-state index contributed by atoms with van der Waals surface area (Å²) in [6.07, 6.45) is 5.29. The first-order valence-electron chi connectivity index (χ1n) is 7.86. The molecule has 0 aliphatic carbocycles. The number of amides is 2. The zero-order chi connectivity index (χ0) is 16.8. The highest BCUT2D eigenvalue weighted by molar-refractivity contribution is 6.32. The van der Waals surface area contributed by atoms with Gasteiger partial charge in [-0.1, -0.05) is 41.9 Å². The van der Waals surface area contributed by atoms with Gasteiger partial charge in [-0.05, 0) is 23.8 Å². The van der Waals surface area contributed by atoms with Crippen LogP contribution >= 0.6 is 11.6 Å². The Hall–Kier alpha value is -2.53. The number of hydrogen-bond acceptors (Lipinski definition) is 3. The number of rotatable bonds is 3. The predicted molar refractivity (Wildman–Crippen MR) is 97.0 cm³/mol. The summed E-state index contributed by atoms with van der Waals surface area (Å²) in [6, 6.07) is 13.4. The number of carbonyl (C=O) groups excluding carboxylic acids is 1. The van der Waals surface area contributed by atoms with Crippen molar-refractivity contribution in [1.82, 2.24) is 15.2 Å². The highest BCUT2D eigenvalue weighted by atomic mass is 35.5. The van der Waals surface area contributed by atoms with Gasteiger partial charge in [0.2, 0.25) is 0 Å². The van der Waals surface area contributed by atoms with Crippen LogP contribution in [0.15, 0.2) is 54.9 Å². The topological polar surface area (TPSA) is 48.5 Å². The van der Waals surface area contributed by atoms with Crippen molar-refractivity contribution in [3.05, 3.63) is 65.4 Å². The van der Waals surface area contributed by atoms with E-state index in [2.05, 4.69) is 15.2 Å². The molecule has 0 unspecified atom stereocenters. The number of nitrogens with one attached hydrogen (secondary N) is 1. The summed E-state index contributed by atoms with van der Waals surface area (Å²) >= 11 is 6.18. The minimum atomic E-state index is -0.0889. The molecular formula is C18H19ClN4O. The van der Waals surface area contributed by atoms with E-state index in [4.69, 9.17) is 11.6 Å². The first kappa shape index (κ1) is 16.3. The number of aromatic nitrogens is 1. The zero-order valence-electron chi connectivity index (χ0n) is 13.2. The summed E-state index contributed by atoms with van der Waals surface area (Å²) in [5.74, 6) is 0.781. The molecular weight excluding hydrogens is 324 g/mol. The molecule has 2 aromatic rings. The summed E-state index contributed by atoms with van der Waals surface area (Å²) in [6.45, 7) is 2.70. The largest absolute Gasteiger partial charge is 0.352 e. The van der Waals surface area contributed by atoms with Crippen molar-refractivity contribution in [3.8, 4) is 0 Å². The number of halogens is 1. The third-order valence-corrected chi connectivity index (χ3v) is 4.18. The molecule has 1 saturated heterocycles. The van der Waals surface area contributed by atoms with E-state index in [-0.39, 0.29) is 6.03 Å². The molecule has 1 aliphatic heterocycles. The summed E-state index contributed by atoms with van der Waals surface area (Å²) in [7, 11) is 0. The average molecular weight is 343 g/mol. The molecule has 5 nitrogen and oxygen atoms in total. The lowest BCUT2D eigenvalue weighted by Gasteiger charge is -2.35. The molecule has 1 aromatic carbocycles. The second kappa shape index (κ2) is 7.84. The molecule has 1 aliphatic rings.